The van der Waals surface area contributed by atoms with Gasteiger partial charge in [-0.25, -0.2) is 0 Å². The van der Waals surface area contributed by atoms with Gasteiger partial charge in [-0.3, -0.25) is 0 Å². The van der Waals surface area contributed by atoms with Crippen LogP contribution in [0.1, 0.15) is 44.5 Å². The molecule has 8 aromatic rings. The molecule has 0 saturated heterocycles. The smallest absolute Gasteiger partial charge is 0.0920 e. The second kappa shape index (κ2) is 19.9. The van der Waals surface area contributed by atoms with Crippen molar-refractivity contribution in [1.82, 2.24) is 0 Å². The Bertz CT molecular complexity index is 2740. The average Bonchev–Trinajstić information content (AvgIpc) is 3.93. The maximum absolute atomic E-state index is 13.1. The topological polar surface area (TPSA) is 0 Å². The number of halogens is 14. The summed E-state index contributed by atoms with van der Waals surface area (Å²) in [5.74, 6) is 0. The maximum atomic E-state index is 13.1. The van der Waals surface area contributed by atoms with Crippen LogP contribution in [0.4, 0.5) is 52.7 Å². The van der Waals surface area contributed by atoms with Crippen molar-refractivity contribution in [2.45, 2.75) is 52.4 Å². The number of benzene rings is 6. The molecule has 342 valence electrons. The molecule has 1 aliphatic heterocycles. The molecule has 0 spiro atoms. The van der Waals surface area contributed by atoms with Crippen LogP contribution in [0.2, 0.25) is 0 Å². The van der Waals surface area contributed by atoms with Crippen molar-refractivity contribution in [3.63, 3.8) is 0 Å². The summed E-state index contributed by atoms with van der Waals surface area (Å²) < 4.78 is 157. The van der Waals surface area contributed by atoms with E-state index in [4.69, 9.17) is 17.0 Å². The van der Waals surface area contributed by atoms with E-state index in [1.54, 1.807) is 50.2 Å². The van der Waals surface area contributed by atoms with Crippen molar-refractivity contribution < 1.29 is 73.5 Å². The Hall–Kier alpha value is -4.62. The van der Waals surface area contributed by atoms with E-state index in [2.05, 4.69) is 42.5 Å². The summed E-state index contributed by atoms with van der Waals surface area (Å²) in [5.41, 5.74) is 1.16. The SMILES string of the molecule is Cc1cc2c(-c3cc(C(F)(F)F)cc(C(F)(F)F)c3)c(C)ccc2[cH-]1.Cc1cc2c(-c3cc(C(F)(F)F)cc(C(F)(F)F)c3)c(C)ccc2[cH-]1.[Cl][Zr][Cl].[c-]1cccc2c1[Si]c1ccccc1-2. The average molecular weight is 1050 g/mol. The van der Waals surface area contributed by atoms with Gasteiger partial charge in [-0.2, -0.15) is 94.3 Å². The molecule has 8 aromatic carbocycles. The molecule has 1 aliphatic rings. The molecule has 0 atom stereocenters. The number of alkyl halides is 12. The largest absolute Gasteiger partial charge is 0.184 e. The Kier molecular flexibility index (Phi) is 15.3. The summed E-state index contributed by atoms with van der Waals surface area (Å²) in [6.45, 7) is 6.99. The van der Waals surface area contributed by atoms with Crippen molar-refractivity contribution >= 4 is 58.5 Å². The van der Waals surface area contributed by atoms with Crippen LogP contribution < -0.4 is 10.4 Å². The monoisotopic (exact) mass is 1050 g/mol. The minimum absolute atomic E-state index is 0.0872. The van der Waals surface area contributed by atoms with Gasteiger partial charge in [0, 0.05) is 0 Å². The fourth-order valence-corrected chi connectivity index (χ4v) is 9.08. The van der Waals surface area contributed by atoms with Gasteiger partial charge >= 0.3 is 62.6 Å². The first-order valence-corrected chi connectivity index (χ1v) is 26.9. The second-order valence-electron chi connectivity index (χ2n) is 15.4. The molecule has 0 nitrogen and oxygen atoms in total. The van der Waals surface area contributed by atoms with E-state index in [1.807, 2.05) is 32.0 Å². The van der Waals surface area contributed by atoms with E-state index < -0.39 is 67.8 Å². The van der Waals surface area contributed by atoms with Crippen molar-refractivity contribution in [2.75, 3.05) is 0 Å². The van der Waals surface area contributed by atoms with Crippen LogP contribution in [0, 0.1) is 33.8 Å². The Morgan fingerprint density at radius 3 is 1.26 bits per heavy atom. The molecule has 0 fully saturated rings. The zero-order valence-corrected chi connectivity index (χ0v) is 39.9. The molecule has 16 heteroatoms. The van der Waals surface area contributed by atoms with Gasteiger partial charge in [0.05, 0.1) is 31.8 Å². The molecule has 0 unspecified atom stereocenters. The summed E-state index contributed by atoms with van der Waals surface area (Å²) in [6.07, 6.45) is -19.4. The Morgan fingerprint density at radius 2 is 0.864 bits per heavy atom. The van der Waals surface area contributed by atoms with E-state index in [0.29, 0.717) is 33.0 Å². The summed E-state index contributed by atoms with van der Waals surface area (Å²) in [4.78, 5) is 0. The van der Waals surface area contributed by atoms with Crippen LogP contribution in [-0.2, 0) is 45.6 Å². The van der Waals surface area contributed by atoms with E-state index in [0.717, 1.165) is 55.7 Å². The van der Waals surface area contributed by atoms with E-state index >= 15 is 0 Å². The Morgan fingerprint density at radius 1 is 0.485 bits per heavy atom. The summed E-state index contributed by atoms with van der Waals surface area (Å²) in [7, 11) is 10.7. The summed E-state index contributed by atoms with van der Waals surface area (Å²) in [6, 6.07) is 35.8. The molecule has 0 saturated carbocycles. The van der Waals surface area contributed by atoms with Crippen LogP contribution in [-0.4, -0.2) is 9.52 Å². The minimum Gasteiger partial charge on any atom is -0.184 e. The predicted molar refractivity (Wildman–Crippen MR) is 236 cm³/mol. The molecule has 0 aliphatic carbocycles. The first-order chi connectivity index (χ1) is 30.8. The van der Waals surface area contributed by atoms with Crippen molar-refractivity contribution in [1.29, 1.82) is 0 Å². The van der Waals surface area contributed by atoms with Crippen molar-refractivity contribution in [3.8, 4) is 33.4 Å². The van der Waals surface area contributed by atoms with Gasteiger partial charge in [0.25, 0.3) is 0 Å². The van der Waals surface area contributed by atoms with Crippen LogP contribution in [0.25, 0.3) is 54.9 Å². The van der Waals surface area contributed by atoms with Crippen molar-refractivity contribution in [3.05, 3.63) is 178 Å². The Balaban J connectivity index is 0.000000166. The normalized spacial score (nSPS) is 12.3. The Labute approximate surface area is 393 Å². The van der Waals surface area contributed by atoms with Crippen molar-refractivity contribution in [2.24, 2.45) is 0 Å². The summed E-state index contributed by atoms with van der Waals surface area (Å²) in [5, 5.41) is 5.67. The van der Waals surface area contributed by atoms with Gasteiger partial charge in [-0.15, -0.1) is 74.6 Å². The molecule has 0 N–H and O–H groups in total. The first-order valence-electron chi connectivity index (χ1n) is 19.6. The van der Waals surface area contributed by atoms with Gasteiger partial charge < -0.3 is 0 Å². The van der Waals surface area contributed by atoms with Gasteiger partial charge in [0.1, 0.15) is 0 Å². The minimum atomic E-state index is -4.86. The molecule has 0 aromatic heterocycles. The molecule has 0 amide bonds. The molecular formula is C50H33Cl2F12SiZr-3. The molecule has 9 rings (SSSR count). The third kappa shape index (κ3) is 11.7. The second-order valence-corrected chi connectivity index (χ2v) is 20.4. The number of hydrogen-bond acceptors (Lipinski definition) is 0. The third-order valence-electron chi connectivity index (χ3n) is 10.6. The maximum Gasteiger partial charge on any atom is 0.0920 e. The number of fused-ring (bicyclic) bond motifs is 5. The molecule has 1 heterocycles. The molecule has 2 radical (unpaired) electrons. The predicted octanol–water partition coefficient (Wildman–Crippen LogP) is 16.3. The van der Waals surface area contributed by atoms with Crippen LogP contribution in [0.5, 0.6) is 0 Å². The standard InChI is InChI=1S/2C19H13F6.C12H7Si.2ClH.Zr/c2*1-10-5-12-4-3-11(2)17(16(12)6-10)13-7-14(18(20,21)22)9-15(8-13)19(23,24)25;1-3-7-11-9(5-1)10-6-2-4-8-12(10)13-11;;;/h2*3-9H,1-2H3;1-7H;2*1H;/q3*-1;;;+2/p-2. The van der Waals surface area contributed by atoms with Crippen LogP contribution in [0.15, 0.2) is 127 Å². The first kappa shape index (κ1) is 50.8. The van der Waals surface area contributed by atoms with Gasteiger partial charge in [-0.1, -0.05) is 71.1 Å². The van der Waals surface area contributed by atoms with E-state index in [1.165, 1.54) is 21.5 Å². The molecule has 0 bridgehead atoms. The van der Waals surface area contributed by atoms with E-state index in [-0.39, 0.29) is 23.3 Å². The molecular weight excluding hydrogens is 1020 g/mol. The zero-order chi connectivity index (χ0) is 48.5. The zero-order valence-electron chi connectivity index (χ0n) is 34.9. The fraction of sp³-hybridized carbons (Fsp3) is 0.160. The van der Waals surface area contributed by atoms with Gasteiger partial charge in [0.2, 0.25) is 0 Å². The van der Waals surface area contributed by atoms with Crippen LogP contribution >= 0.6 is 17.0 Å². The van der Waals surface area contributed by atoms with E-state index in [9.17, 15) is 52.7 Å². The number of hydrogen-bond donors (Lipinski definition) is 0. The van der Waals surface area contributed by atoms with Gasteiger partial charge in [0.15, 0.2) is 0 Å². The van der Waals surface area contributed by atoms with Crippen LogP contribution in [0.3, 0.4) is 0 Å². The van der Waals surface area contributed by atoms with Gasteiger partial charge in [-0.05, 0) is 61.4 Å². The quantitative estimate of drug-likeness (QED) is 0.0919. The third-order valence-corrected chi connectivity index (χ3v) is 11.9. The number of rotatable bonds is 2. The molecule has 66 heavy (non-hydrogen) atoms. The number of aryl methyl sites for hydroxylation is 4. The summed E-state index contributed by atoms with van der Waals surface area (Å²) >= 11 is -0.826. The fourth-order valence-electron chi connectivity index (χ4n) is 7.77.